The van der Waals surface area contributed by atoms with Crippen LogP contribution in [0.2, 0.25) is 0 Å². The zero-order valence-electron chi connectivity index (χ0n) is 13.9. The van der Waals surface area contributed by atoms with Gasteiger partial charge in [0, 0.05) is 10.9 Å². The lowest BCUT2D eigenvalue weighted by Gasteiger charge is -2.11. The number of aliphatic carboxylic acids is 1. The number of carboxylic acid groups (broad SMARTS) is 1. The highest BCUT2D eigenvalue weighted by Crippen LogP contribution is 2.34. The van der Waals surface area contributed by atoms with E-state index in [2.05, 4.69) is 54.4 Å². The maximum absolute atomic E-state index is 11.0. The smallest absolute Gasteiger partial charge is 0.309 e. The molecule has 0 unspecified atom stereocenters. The van der Waals surface area contributed by atoms with Crippen LogP contribution in [0.3, 0.4) is 0 Å². The van der Waals surface area contributed by atoms with Crippen LogP contribution in [0.15, 0.2) is 66.7 Å². The molecule has 0 fully saturated rings. The van der Waals surface area contributed by atoms with Crippen LogP contribution in [-0.2, 0) is 11.2 Å². The van der Waals surface area contributed by atoms with Gasteiger partial charge in [-0.05, 0) is 34.9 Å². The minimum Gasteiger partial charge on any atom is -0.481 e. The van der Waals surface area contributed by atoms with Crippen LogP contribution in [0, 0.1) is 6.92 Å². The molecular weight excluding hydrogens is 310 g/mol. The monoisotopic (exact) mass is 327 g/mol. The summed E-state index contributed by atoms with van der Waals surface area (Å²) in [6.07, 6.45) is -0.0705. The van der Waals surface area contributed by atoms with E-state index in [-0.39, 0.29) is 6.42 Å². The SMILES string of the molecule is Cc1cccc2c(-c3cccc4ccc(CC(=O)O)nc34)cccc12. The van der Waals surface area contributed by atoms with Crippen molar-refractivity contribution in [3.05, 3.63) is 78.0 Å². The molecule has 0 saturated heterocycles. The number of carbonyl (C=O) groups is 1. The number of para-hydroxylation sites is 1. The van der Waals surface area contributed by atoms with Gasteiger partial charge in [-0.15, -0.1) is 0 Å². The quantitative estimate of drug-likeness (QED) is 0.576. The van der Waals surface area contributed by atoms with Gasteiger partial charge >= 0.3 is 5.97 Å². The first-order valence-corrected chi connectivity index (χ1v) is 8.22. The summed E-state index contributed by atoms with van der Waals surface area (Å²) in [6, 6.07) is 22.4. The van der Waals surface area contributed by atoms with E-state index in [0.717, 1.165) is 22.0 Å². The molecule has 1 N–H and O–H groups in total. The summed E-state index contributed by atoms with van der Waals surface area (Å²) in [6.45, 7) is 2.11. The summed E-state index contributed by atoms with van der Waals surface area (Å²) in [7, 11) is 0. The number of aryl methyl sites for hydroxylation is 1. The zero-order valence-corrected chi connectivity index (χ0v) is 13.9. The third-order valence-electron chi connectivity index (χ3n) is 4.54. The van der Waals surface area contributed by atoms with Gasteiger partial charge < -0.3 is 5.11 Å². The number of hydrogen-bond donors (Lipinski definition) is 1. The fourth-order valence-electron chi connectivity index (χ4n) is 3.36. The fourth-order valence-corrected chi connectivity index (χ4v) is 3.36. The Morgan fingerprint density at radius 3 is 2.44 bits per heavy atom. The Morgan fingerprint density at radius 2 is 1.60 bits per heavy atom. The molecule has 3 aromatic carbocycles. The Hall–Kier alpha value is -3.20. The Bertz CT molecular complexity index is 1120. The highest BCUT2D eigenvalue weighted by molar-refractivity contribution is 6.04. The number of carboxylic acids is 1. The molecule has 0 aliphatic rings. The standard InChI is InChI=1S/C22H17NO2/c1-14-5-2-8-18-17(14)7-4-9-19(18)20-10-3-6-15-11-12-16(13-21(24)25)23-22(15)20/h2-12H,13H2,1H3,(H,24,25). The van der Waals surface area contributed by atoms with Crippen LogP contribution in [0.25, 0.3) is 32.8 Å². The van der Waals surface area contributed by atoms with Gasteiger partial charge in [0.05, 0.1) is 17.6 Å². The second kappa shape index (κ2) is 6.02. The molecule has 1 aromatic heterocycles. The van der Waals surface area contributed by atoms with Crippen molar-refractivity contribution < 1.29 is 9.90 Å². The van der Waals surface area contributed by atoms with Crippen molar-refractivity contribution in [3.8, 4) is 11.1 Å². The first kappa shape index (κ1) is 15.3. The van der Waals surface area contributed by atoms with Gasteiger partial charge in [0.25, 0.3) is 0 Å². The lowest BCUT2D eigenvalue weighted by atomic mass is 9.94. The van der Waals surface area contributed by atoms with E-state index >= 15 is 0 Å². The molecule has 0 saturated carbocycles. The van der Waals surface area contributed by atoms with E-state index in [1.54, 1.807) is 6.07 Å². The van der Waals surface area contributed by atoms with E-state index in [0.29, 0.717) is 5.69 Å². The minimum atomic E-state index is -0.870. The highest BCUT2D eigenvalue weighted by atomic mass is 16.4. The normalized spacial score (nSPS) is 11.1. The van der Waals surface area contributed by atoms with E-state index in [1.807, 2.05) is 18.2 Å². The number of nitrogens with zero attached hydrogens (tertiary/aromatic N) is 1. The van der Waals surface area contributed by atoms with E-state index in [4.69, 9.17) is 5.11 Å². The van der Waals surface area contributed by atoms with Crippen LogP contribution >= 0.6 is 0 Å². The van der Waals surface area contributed by atoms with Crippen molar-refractivity contribution in [3.63, 3.8) is 0 Å². The van der Waals surface area contributed by atoms with E-state index in [9.17, 15) is 4.79 Å². The molecular formula is C22H17NO2. The molecule has 25 heavy (non-hydrogen) atoms. The molecule has 4 aromatic rings. The summed E-state index contributed by atoms with van der Waals surface area (Å²) in [5, 5.41) is 12.5. The minimum absolute atomic E-state index is 0.0705. The molecule has 0 atom stereocenters. The number of fused-ring (bicyclic) bond motifs is 2. The first-order chi connectivity index (χ1) is 12.1. The summed E-state index contributed by atoms with van der Waals surface area (Å²) in [5.74, 6) is -0.870. The zero-order chi connectivity index (χ0) is 17.4. The topological polar surface area (TPSA) is 50.2 Å². The molecule has 0 bridgehead atoms. The maximum atomic E-state index is 11.0. The van der Waals surface area contributed by atoms with E-state index in [1.165, 1.54) is 16.3 Å². The molecule has 4 rings (SSSR count). The number of pyridine rings is 1. The van der Waals surface area contributed by atoms with Crippen molar-refractivity contribution in [2.75, 3.05) is 0 Å². The molecule has 3 nitrogen and oxygen atoms in total. The van der Waals surface area contributed by atoms with Crippen LogP contribution in [-0.4, -0.2) is 16.1 Å². The third kappa shape index (κ3) is 2.74. The second-order valence-corrected chi connectivity index (χ2v) is 6.23. The average molecular weight is 327 g/mol. The Labute approximate surface area is 145 Å². The number of hydrogen-bond acceptors (Lipinski definition) is 2. The maximum Gasteiger partial charge on any atom is 0.309 e. The average Bonchev–Trinajstić information content (AvgIpc) is 2.61. The van der Waals surface area contributed by atoms with Crippen molar-refractivity contribution >= 4 is 27.6 Å². The summed E-state index contributed by atoms with van der Waals surface area (Å²) in [5.41, 5.74) is 4.80. The summed E-state index contributed by atoms with van der Waals surface area (Å²) < 4.78 is 0. The molecule has 122 valence electrons. The summed E-state index contributed by atoms with van der Waals surface area (Å²) >= 11 is 0. The lowest BCUT2D eigenvalue weighted by Crippen LogP contribution is -2.02. The highest BCUT2D eigenvalue weighted by Gasteiger charge is 2.11. The van der Waals surface area contributed by atoms with Gasteiger partial charge in [-0.3, -0.25) is 9.78 Å². The fraction of sp³-hybridized carbons (Fsp3) is 0.0909. The van der Waals surface area contributed by atoms with Crippen molar-refractivity contribution in [2.45, 2.75) is 13.3 Å². The predicted molar refractivity (Wildman–Crippen MR) is 101 cm³/mol. The number of aromatic nitrogens is 1. The molecule has 3 heteroatoms. The van der Waals surface area contributed by atoms with Crippen molar-refractivity contribution in [1.82, 2.24) is 4.98 Å². The number of rotatable bonds is 3. The Morgan fingerprint density at radius 1 is 0.880 bits per heavy atom. The number of benzene rings is 3. The van der Waals surface area contributed by atoms with Gasteiger partial charge in [0.2, 0.25) is 0 Å². The molecule has 0 aliphatic carbocycles. The third-order valence-corrected chi connectivity index (χ3v) is 4.54. The van der Waals surface area contributed by atoms with Crippen molar-refractivity contribution in [2.24, 2.45) is 0 Å². The predicted octanol–water partition coefficient (Wildman–Crippen LogP) is 4.99. The second-order valence-electron chi connectivity index (χ2n) is 6.23. The van der Waals surface area contributed by atoms with E-state index < -0.39 is 5.97 Å². The summed E-state index contributed by atoms with van der Waals surface area (Å²) in [4.78, 5) is 15.7. The van der Waals surface area contributed by atoms with Crippen LogP contribution in [0.1, 0.15) is 11.3 Å². The van der Waals surface area contributed by atoms with Crippen molar-refractivity contribution in [1.29, 1.82) is 0 Å². The van der Waals surface area contributed by atoms with Crippen LogP contribution < -0.4 is 0 Å². The molecule has 0 amide bonds. The lowest BCUT2D eigenvalue weighted by molar-refractivity contribution is -0.136. The van der Waals surface area contributed by atoms with Crippen LogP contribution in [0.4, 0.5) is 0 Å². The molecule has 0 aliphatic heterocycles. The Kier molecular flexibility index (Phi) is 3.69. The first-order valence-electron chi connectivity index (χ1n) is 8.22. The van der Waals surface area contributed by atoms with Gasteiger partial charge in [0.1, 0.15) is 0 Å². The van der Waals surface area contributed by atoms with Crippen LogP contribution in [0.5, 0.6) is 0 Å². The largest absolute Gasteiger partial charge is 0.481 e. The van der Waals surface area contributed by atoms with Gasteiger partial charge in [0.15, 0.2) is 0 Å². The molecule has 1 heterocycles. The molecule has 0 radical (unpaired) electrons. The Balaban J connectivity index is 2.01. The molecule has 0 spiro atoms. The van der Waals surface area contributed by atoms with Gasteiger partial charge in [-0.25, -0.2) is 0 Å². The van der Waals surface area contributed by atoms with Gasteiger partial charge in [-0.2, -0.15) is 0 Å². The van der Waals surface area contributed by atoms with Gasteiger partial charge in [-0.1, -0.05) is 60.7 Å².